The Labute approximate surface area is 88.4 Å². The molecule has 2 aromatic rings. The van der Waals surface area contributed by atoms with Crippen LogP contribution in [0, 0.1) is 0 Å². The van der Waals surface area contributed by atoms with E-state index >= 15 is 0 Å². The summed E-state index contributed by atoms with van der Waals surface area (Å²) in [6.07, 6.45) is 4.96. The third kappa shape index (κ3) is 2.15. The van der Waals surface area contributed by atoms with Gasteiger partial charge in [0.25, 0.3) is 0 Å². The maximum absolute atomic E-state index is 4.16. The average molecular weight is 200 g/mol. The topological polar surface area (TPSA) is 51.6 Å². The molecular formula is C11H12N4. The Balaban J connectivity index is 2.32. The number of hydrogen-bond donors (Lipinski definition) is 0. The van der Waals surface area contributed by atoms with Gasteiger partial charge in [0, 0.05) is 12.4 Å². The van der Waals surface area contributed by atoms with E-state index in [1.165, 1.54) is 0 Å². The van der Waals surface area contributed by atoms with Crippen molar-refractivity contribution in [3.05, 3.63) is 36.4 Å². The third-order valence-corrected chi connectivity index (χ3v) is 2.10. The molecule has 0 unspecified atom stereocenters. The van der Waals surface area contributed by atoms with E-state index in [2.05, 4.69) is 34.0 Å². The van der Waals surface area contributed by atoms with Crippen molar-refractivity contribution < 1.29 is 0 Å². The average Bonchev–Trinajstić information content (AvgIpc) is 2.30. The van der Waals surface area contributed by atoms with Gasteiger partial charge in [0.05, 0.1) is 11.9 Å². The predicted octanol–water partition coefficient (Wildman–Crippen LogP) is 2.06. The molecule has 0 radical (unpaired) electrons. The maximum Gasteiger partial charge on any atom is 0.113 e. The van der Waals surface area contributed by atoms with E-state index in [0.717, 1.165) is 17.1 Å². The van der Waals surface area contributed by atoms with Gasteiger partial charge in [-0.1, -0.05) is 13.8 Å². The van der Waals surface area contributed by atoms with E-state index < -0.39 is 0 Å². The molecule has 4 nitrogen and oxygen atoms in total. The van der Waals surface area contributed by atoms with Crippen LogP contribution in [0.4, 0.5) is 0 Å². The minimum absolute atomic E-state index is 0.397. The molecule has 0 saturated carbocycles. The first-order valence-corrected chi connectivity index (χ1v) is 4.87. The van der Waals surface area contributed by atoms with Crippen LogP contribution in [0.3, 0.4) is 0 Å². The van der Waals surface area contributed by atoms with Gasteiger partial charge in [0.15, 0.2) is 0 Å². The van der Waals surface area contributed by atoms with Gasteiger partial charge in [-0.05, 0) is 18.1 Å². The highest BCUT2D eigenvalue weighted by atomic mass is 15.1. The van der Waals surface area contributed by atoms with Gasteiger partial charge < -0.3 is 0 Å². The minimum atomic E-state index is 0.397. The van der Waals surface area contributed by atoms with Gasteiger partial charge in [-0.15, -0.1) is 5.10 Å². The van der Waals surface area contributed by atoms with E-state index in [9.17, 15) is 0 Å². The molecule has 2 rings (SSSR count). The Morgan fingerprint density at radius 3 is 2.40 bits per heavy atom. The van der Waals surface area contributed by atoms with E-state index in [1.54, 1.807) is 18.6 Å². The molecule has 0 saturated heterocycles. The molecular weight excluding hydrogens is 188 g/mol. The highest BCUT2D eigenvalue weighted by Gasteiger charge is 2.04. The van der Waals surface area contributed by atoms with Crippen LogP contribution in [-0.4, -0.2) is 20.2 Å². The van der Waals surface area contributed by atoms with Gasteiger partial charge >= 0.3 is 0 Å². The summed E-state index contributed by atoms with van der Waals surface area (Å²) in [6.45, 7) is 4.18. The second-order valence-electron chi connectivity index (χ2n) is 3.59. The second-order valence-corrected chi connectivity index (χ2v) is 3.59. The summed E-state index contributed by atoms with van der Waals surface area (Å²) in [5.74, 6) is 0.397. The lowest BCUT2D eigenvalue weighted by atomic mass is 10.1. The van der Waals surface area contributed by atoms with Crippen molar-refractivity contribution in [2.45, 2.75) is 19.8 Å². The van der Waals surface area contributed by atoms with Crippen LogP contribution in [0.15, 0.2) is 30.7 Å². The van der Waals surface area contributed by atoms with Crippen molar-refractivity contribution >= 4 is 0 Å². The lowest BCUT2D eigenvalue weighted by Gasteiger charge is -2.03. The van der Waals surface area contributed by atoms with Gasteiger partial charge in [-0.3, -0.25) is 9.97 Å². The van der Waals surface area contributed by atoms with Crippen LogP contribution in [-0.2, 0) is 0 Å². The van der Waals surface area contributed by atoms with Crippen molar-refractivity contribution in [2.75, 3.05) is 0 Å². The zero-order chi connectivity index (χ0) is 10.7. The number of hydrogen-bond acceptors (Lipinski definition) is 4. The molecule has 2 aromatic heterocycles. The zero-order valence-electron chi connectivity index (χ0n) is 8.75. The first-order chi connectivity index (χ1) is 7.27. The molecule has 0 aromatic carbocycles. The number of aromatic nitrogens is 4. The van der Waals surface area contributed by atoms with Crippen molar-refractivity contribution in [2.24, 2.45) is 0 Å². The van der Waals surface area contributed by atoms with Crippen LogP contribution in [0.25, 0.3) is 11.4 Å². The molecule has 0 atom stereocenters. The Kier molecular flexibility index (Phi) is 2.67. The fourth-order valence-corrected chi connectivity index (χ4v) is 1.22. The monoisotopic (exact) mass is 200 g/mol. The molecule has 0 aliphatic carbocycles. The standard InChI is InChI=1S/C11H12N4/c1-8(2)9-3-4-10(15-14-9)11-7-12-5-6-13-11/h3-8H,1-2H3. The van der Waals surface area contributed by atoms with E-state index in [-0.39, 0.29) is 0 Å². The van der Waals surface area contributed by atoms with Crippen LogP contribution < -0.4 is 0 Å². The fourth-order valence-electron chi connectivity index (χ4n) is 1.22. The number of nitrogens with zero attached hydrogens (tertiary/aromatic N) is 4. The van der Waals surface area contributed by atoms with Crippen molar-refractivity contribution in [3.63, 3.8) is 0 Å². The van der Waals surface area contributed by atoms with Crippen molar-refractivity contribution in [1.29, 1.82) is 0 Å². The first kappa shape index (κ1) is 9.71. The Morgan fingerprint density at radius 2 is 1.87 bits per heavy atom. The van der Waals surface area contributed by atoms with Crippen LogP contribution >= 0.6 is 0 Å². The Morgan fingerprint density at radius 1 is 1.00 bits per heavy atom. The minimum Gasteiger partial charge on any atom is -0.261 e. The van der Waals surface area contributed by atoms with Crippen molar-refractivity contribution in [3.8, 4) is 11.4 Å². The molecule has 15 heavy (non-hydrogen) atoms. The van der Waals surface area contributed by atoms with Crippen LogP contribution in [0.5, 0.6) is 0 Å². The fraction of sp³-hybridized carbons (Fsp3) is 0.273. The normalized spacial score (nSPS) is 10.6. The first-order valence-electron chi connectivity index (χ1n) is 4.87. The lowest BCUT2D eigenvalue weighted by Crippen LogP contribution is -1.97. The quantitative estimate of drug-likeness (QED) is 0.744. The summed E-state index contributed by atoms with van der Waals surface area (Å²) >= 11 is 0. The van der Waals surface area contributed by atoms with Gasteiger partial charge in [-0.2, -0.15) is 5.10 Å². The van der Waals surface area contributed by atoms with Gasteiger partial charge in [0.2, 0.25) is 0 Å². The third-order valence-electron chi connectivity index (χ3n) is 2.10. The van der Waals surface area contributed by atoms with E-state index in [4.69, 9.17) is 0 Å². The molecule has 0 spiro atoms. The highest BCUT2D eigenvalue weighted by molar-refractivity contribution is 5.51. The second kappa shape index (κ2) is 4.13. The highest BCUT2D eigenvalue weighted by Crippen LogP contribution is 2.14. The molecule has 2 heterocycles. The molecule has 4 heteroatoms. The molecule has 0 amide bonds. The molecule has 0 aliphatic rings. The number of rotatable bonds is 2. The van der Waals surface area contributed by atoms with Crippen LogP contribution in [0.1, 0.15) is 25.5 Å². The van der Waals surface area contributed by atoms with E-state index in [0.29, 0.717) is 5.92 Å². The van der Waals surface area contributed by atoms with Gasteiger partial charge in [-0.25, -0.2) is 0 Å². The lowest BCUT2D eigenvalue weighted by molar-refractivity contribution is 0.786. The predicted molar refractivity (Wildman–Crippen MR) is 57.1 cm³/mol. The SMILES string of the molecule is CC(C)c1ccc(-c2cnccn2)nn1. The van der Waals surface area contributed by atoms with Crippen molar-refractivity contribution in [1.82, 2.24) is 20.2 Å². The smallest absolute Gasteiger partial charge is 0.113 e. The molecule has 0 bridgehead atoms. The molecule has 0 N–H and O–H groups in total. The summed E-state index contributed by atoms with van der Waals surface area (Å²) in [7, 11) is 0. The van der Waals surface area contributed by atoms with Crippen LogP contribution in [0.2, 0.25) is 0 Å². The Hall–Kier alpha value is -1.84. The van der Waals surface area contributed by atoms with E-state index in [1.807, 2.05) is 12.1 Å². The molecule has 0 aliphatic heterocycles. The summed E-state index contributed by atoms with van der Waals surface area (Å²) in [5.41, 5.74) is 2.50. The summed E-state index contributed by atoms with van der Waals surface area (Å²) < 4.78 is 0. The summed E-state index contributed by atoms with van der Waals surface area (Å²) in [4.78, 5) is 8.15. The molecule has 76 valence electrons. The molecule has 0 fully saturated rings. The maximum atomic E-state index is 4.16. The van der Waals surface area contributed by atoms with Gasteiger partial charge in [0.1, 0.15) is 11.4 Å². The summed E-state index contributed by atoms with van der Waals surface area (Å²) in [5, 5.41) is 8.25. The Bertz CT molecular complexity index is 422. The largest absolute Gasteiger partial charge is 0.261 e. The zero-order valence-corrected chi connectivity index (χ0v) is 8.75. The summed E-state index contributed by atoms with van der Waals surface area (Å²) in [6, 6.07) is 3.90.